The van der Waals surface area contributed by atoms with Crippen molar-refractivity contribution in [2.45, 2.75) is 57.3 Å². The van der Waals surface area contributed by atoms with Crippen molar-refractivity contribution in [3.05, 3.63) is 90.4 Å². The van der Waals surface area contributed by atoms with E-state index in [4.69, 9.17) is 4.74 Å². The van der Waals surface area contributed by atoms with Crippen molar-refractivity contribution in [3.8, 4) is 11.1 Å². The molecule has 1 saturated heterocycles. The molecule has 0 bridgehead atoms. The predicted octanol–water partition coefficient (Wildman–Crippen LogP) is 5.75. The molecule has 1 aliphatic rings. The highest BCUT2D eigenvalue weighted by atomic mass is 16.6. The molecule has 0 unspecified atom stereocenters. The lowest BCUT2D eigenvalue weighted by molar-refractivity contribution is -0.0767. The molecule has 7 nitrogen and oxygen atoms in total. The highest BCUT2D eigenvalue weighted by Gasteiger charge is 2.44. The molecule has 5 rings (SSSR count). The maximum absolute atomic E-state index is 13.3. The molecular weight excluding hydrogens is 452 g/mol. The smallest absolute Gasteiger partial charge is 0.411 e. The number of benzene rings is 2. The van der Waals surface area contributed by atoms with Crippen LogP contribution >= 0.6 is 0 Å². The number of cyclic esters (lactones) is 1. The number of amides is 1. The van der Waals surface area contributed by atoms with Crippen molar-refractivity contribution in [3.63, 3.8) is 0 Å². The van der Waals surface area contributed by atoms with E-state index in [9.17, 15) is 9.90 Å². The number of hydrogen-bond donors (Lipinski definition) is 1. The summed E-state index contributed by atoms with van der Waals surface area (Å²) >= 11 is 0. The van der Waals surface area contributed by atoms with E-state index in [0.717, 1.165) is 27.9 Å². The quantitative estimate of drug-likeness (QED) is 0.361. The van der Waals surface area contributed by atoms with Gasteiger partial charge in [-0.05, 0) is 62.4 Å². The fraction of sp³-hybridized carbons (Fsp3) is 0.345. The van der Waals surface area contributed by atoms with Crippen LogP contribution < -0.4 is 0 Å². The summed E-state index contributed by atoms with van der Waals surface area (Å²) in [4.78, 5) is 19.3. The number of pyridine rings is 1. The summed E-state index contributed by atoms with van der Waals surface area (Å²) < 4.78 is 7.95. The van der Waals surface area contributed by atoms with E-state index in [1.165, 1.54) is 0 Å². The van der Waals surface area contributed by atoms with Gasteiger partial charge in [-0.3, -0.25) is 0 Å². The van der Waals surface area contributed by atoms with E-state index < -0.39 is 11.2 Å². The second-order valence-corrected chi connectivity index (χ2v) is 10.3. The first-order valence-corrected chi connectivity index (χ1v) is 12.4. The van der Waals surface area contributed by atoms with Gasteiger partial charge in [0, 0.05) is 24.7 Å². The summed E-state index contributed by atoms with van der Waals surface area (Å²) in [5.41, 5.74) is 3.37. The SMILES string of the molecule is C[C@@H](c1ccc(-c2ccc3ncnn3c2)cc1)N1CC[C@](CCC(C)(C)O)(c2ccccc2)OC1=O. The topological polar surface area (TPSA) is 80.0 Å². The number of rotatable bonds is 7. The van der Waals surface area contributed by atoms with E-state index >= 15 is 0 Å². The Morgan fingerprint density at radius 2 is 1.78 bits per heavy atom. The van der Waals surface area contributed by atoms with Crippen molar-refractivity contribution in [2.24, 2.45) is 0 Å². The Morgan fingerprint density at radius 1 is 1.06 bits per heavy atom. The van der Waals surface area contributed by atoms with Crippen LogP contribution in [0.2, 0.25) is 0 Å². The standard InChI is InChI=1S/C29H32N4O3/c1-21(22-9-11-23(12-10-22)24-13-14-26-30-20-31-33(26)19-24)32-18-17-29(36-27(32)34,16-15-28(2,3)35)25-7-5-4-6-8-25/h4-14,19-21,35H,15-18H2,1-3H3/t21-,29+/m0/s1. The van der Waals surface area contributed by atoms with E-state index in [1.807, 2.05) is 55.6 Å². The maximum Gasteiger partial charge on any atom is 0.411 e. The van der Waals surface area contributed by atoms with Gasteiger partial charge in [-0.2, -0.15) is 5.10 Å². The molecule has 1 fully saturated rings. The second-order valence-electron chi connectivity index (χ2n) is 10.3. The molecule has 2 atom stereocenters. The van der Waals surface area contributed by atoms with Crippen molar-refractivity contribution in [2.75, 3.05) is 6.54 Å². The van der Waals surface area contributed by atoms with Crippen LogP contribution in [0, 0.1) is 0 Å². The molecule has 7 heteroatoms. The minimum absolute atomic E-state index is 0.132. The Morgan fingerprint density at radius 3 is 2.47 bits per heavy atom. The largest absolute Gasteiger partial charge is 0.438 e. The molecule has 186 valence electrons. The Kier molecular flexibility index (Phi) is 6.26. The van der Waals surface area contributed by atoms with Crippen molar-refractivity contribution >= 4 is 11.7 Å². The molecule has 2 aromatic carbocycles. The zero-order chi connectivity index (χ0) is 25.3. The van der Waals surface area contributed by atoms with Crippen LogP contribution in [0.25, 0.3) is 16.8 Å². The number of ether oxygens (including phenoxy) is 1. The fourth-order valence-electron chi connectivity index (χ4n) is 4.92. The molecule has 4 aromatic rings. The van der Waals surface area contributed by atoms with Crippen LogP contribution in [-0.4, -0.2) is 42.8 Å². The van der Waals surface area contributed by atoms with Gasteiger partial charge in [0.15, 0.2) is 5.65 Å². The summed E-state index contributed by atoms with van der Waals surface area (Å²) in [6.07, 6.45) is 4.94. The van der Waals surface area contributed by atoms with E-state index in [2.05, 4.69) is 34.3 Å². The van der Waals surface area contributed by atoms with Crippen LogP contribution in [0.15, 0.2) is 79.3 Å². The van der Waals surface area contributed by atoms with Crippen molar-refractivity contribution < 1.29 is 14.6 Å². The van der Waals surface area contributed by atoms with Crippen molar-refractivity contribution in [1.29, 1.82) is 0 Å². The lowest BCUT2D eigenvalue weighted by Crippen LogP contribution is -2.49. The first-order valence-electron chi connectivity index (χ1n) is 12.4. The zero-order valence-corrected chi connectivity index (χ0v) is 21.0. The molecule has 1 amide bonds. The van der Waals surface area contributed by atoms with Crippen LogP contribution in [0.5, 0.6) is 0 Å². The minimum atomic E-state index is -0.835. The van der Waals surface area contributed by atoms with Crippen LogP contribution in [0.1, 0.15) is 57.2 Å². The van der Waals surface area contributed by atoms with E-state index in [0.29, 0.717) is 25.8 Å². The maximum atomic E-state index is 13.3. The minimum Gasteiger partial charge on any atom is -0.438 e. The lowest BCUT2D eigenvalue weighted by Gasteiger charge is -2.44. The second kappa shape index (κ2) is 9.39. The highest BCUT2D eigenvalue weighted by molar-refractivity contribution is 5.70. The monoisotopic (exact) mass is 484 g/mol. The molecule has 36 heavy (non-hydrogen) atoms. The molecule has 3 heterocycles. The molecule has 2 aromatic heterocycles. The number of aromatic nitrogens is 3. The number of nitrogens with zero attached hydrogens (tertiary/aromatic N) is 4. The molecule has 1 N–H and O–H groups in total. The van der Waals surface area contributed by atoms with Gasteiger partial charge in [0.05, 0.1) is 11.6 Å². The Labute approximate surface area is 211 Å². The molecule has 0 aliphatic carbocycles. The van der Waals surface area contributed by atoms with Gasteiger partial charge in [0.1, 0.15) is 11.9 Å². The number of hydrogen-bond acceptors (Lipinski definition) is 5. The Bertz CT molecular complexity index is 1340. The predicted molar refractivity (Wildman–Crippen MR) is 138 cm³/mol. The van der Waals surface area contributed by atoms with Gasteiger partial charge >= 0.3 is 6.09 Å². The van der Waals surface area contributed by atoms with Crippen LogP contribution in [0.4, 0.5) is 4.79 Å². The van der Waals surface area contributed by atoms with Crippen LogP contribution in [0.3, 0.4) is 0 Å². The number of carbonyl (C=O) groups excluding carboxylic acids is 1. The molecule has 1 aliphatic heterocycles. The summed E-state index contributed by atoms with van der Waals surface area (Å²) in [5.74, 6) is 0. The summed E-state index contributed by atoms with van der Waals surface area (Å²) in [5, 5.41) is 14.6. The van der Waals surface area contributed by atoms with E-state index in [1.54, 1.807) is 29.6 Å². The van der Waals surface area contributed by atoms with Gasteiger partial charge in [-0.1, -0.05) is 54.6 Å². The molecule has 0 saturated carbocycles. The summed E-state index contributed by atoms with van der Waals surface area (Å²) in [7, 11) is 0. The van der Waals surface area contributed by atoms with Gasteiger partial charge in [0.25, 0.3) is 0 Å². The summed E-state index contributed by atoms with van der Waals surface area (Å²) in [6.45, 7) is 6.19. The third-order valence-electron chi connectivity index (χ3n) is 7.18. The zero-order valence-electron chi connectivity index (χ0n) is 21.0. The van der Waals surface area contributed by atoms with Crippen LogP contribution in [-0.2, 0) is 10.3 Å². The Balaban J connectivity index is 1.33. The molecular formula is C29H32N4O3. The summed E-state index contributed by atoms with van der Waals surface area (Å²) in [6, 6.07) is 22.0. The average Bonchev–Trinajstić information content (AvgIpc) is 3.35. The number of aliphatic hydroxyl groups is 1. The first kappa shape index (κ1) is 24.0. The lowest BCUT2D eigenvalue weighted by atomic mass is 9.82. The Hall–Kier alpha value is -3.71. The fourth-order valence-corrected chi connectivity index (χ4v) is 4.92. The van der Waals surface area contributed by atoms with Gasteiger partial charge < -0.3 is 14.7 Å². The number of carbonyl (C=O) groups is 1. The van der Waals surface area contributed by atoms with Crippen molar-refractivity contribution in [1.82, 2.24) is 19.5 Å². The normalized spacial score (nSPS) is 19.3. The van der Waals surface area contributed by atoms with Gasteiger partial charge in [-0.15, -0.1) is 0 Å². The average molecular weight is 485 g/mol. The third-order valence-corrected chi connectivity index (χ3v) is 7.18. The third kappa shape index (κ3) is 4.84. The molecule has 0 spiro atoms. The first-order chi connectivity index (χ1) is 17.2. The molecule has 0 radical (unpaired) electrons. The number of fused-ring (bicyclic) bond motifs is 1. The van der Waals surface area contributed by atoms with Gasteiger partial charge in [-0.25, -0.2) is 14.3 Å². The van der Waals surface area contributed by atoms with Gasteiger partial charge in [0.2, 0.25) is 0 Å². The van der Waals surface area contributed by atoms with E-state index in [-0.39, 0.29) is 12.1 Å². The highest BCUT2D eigenvalue weighted by Crippen LogP contribution is 2.41.